The van der Waals surface area contributed by atoms with E-state index in [2.05, 4.69) is 26.9 Å². The predicted molar refractivity (Wildman–Crippen MR) is 87.9 cm³/mol. The first-order chi connectivity index (χ1) is 11.7. The Balaban J connectivity index is 1.31. The van der Waals surface area contributed by atoms with Crippen LogP contribution < -0.4 is 0 Å². The number of halogens is 1. The summed E-state index contributed by atoms with van der Waals surface area (Å²) in [7, 11) is 0. The third-order valence-electron chi connectivity index (χ3n) is 5.01. The van der Waals surface area contributed by atoms with Crippen LogP contribution in [-0.4, -0.2) is 46.1 Å². The maximum atomic E-state index is 13.3. The summed E-state index contributed by atoms with van der Waals surface area (Å²) in [5.74, 6) is 1.97. The maximum Gasteiger partial charge on any atom is 0.243 e. The van der Waals surface area contributed by atoms with Gasteiger partial charge in [-0.1, -0.05) is 17.3 Å². The normalized spacial score (nSPS) is 21.1. The SMILES string of the molecule is CC(c1nc(C2CC2)no1)N1CCN(Cc2cccc(F)c2)CC1. The van der Waals surface area contributed by atoms with Gasteiger partial charge in [0.2, 0.25) is 5.89 Å². The van der Waals surface area contributed by atoms with Crippen molar-refractivity contribution >= 4 is 0 Å². The summed E-state index contributed by atoms with van der Waals surface area (Å²) < 4.78 is 18.7. The number of aromatic nitrogens is 2. The van der Waals surface area contributed by atoms with Crippen molar-refractivity contribution in [1.29, 1.82) is 0 Å². The van der Waals surface area contributed by atoms with E-state index in [4.69, 9.17) is 4.52 Å². The molecule has 2 aromatic rings. The smallest absolute Gasteiger partial charge is 0.243 e. The molecular formula is C18H23FN4O. The van der Waals surface area contributed by atoms with Crippen LogP contribution in [0.3, 0.4) is 0 Å². The van der Waals surface area contributed by atoms with Gasteiger partial charge in [-0.2, -0.15) is 4.98 Å². The molecule has 24 heavy (non-hydrogen) atoms. The zero-order valence-corrected chi connectivity index (χ0v) is 14.0. The van der Waals surface area contributed by atoms with E-state index >= 15 is 0 Å². The van der Waals surface area contributed by atoms with Gasteiger partial charge in [-0.15, -0.1) is 0 Å². The molecule has 6 heteroatoms. The highest BCUT2D eigenvalue weighted by Gasteiger charge is 2.31. The molecule has 0 radical (unpaired) electrons. The zero-order chi connectivity index (χ0) is 16.5. The lowest BCUT2D eigenvalue weighted by atomic mass is 10.1. The van der Waals surface area contributed by atoms with Gasteiger partial charge in [-0.3, -0.25) is 9.80 Å². The Morgan fingerprint density at radius 1 is 1.25 bits per heavy atom. The molecule has 1 atom stereocenters. The topological polar surface area (TPSA) is 45.4 Å². The zero-order valence-electron chi connectivity index (χ0n) is 14.0. The molecule has 0 N–H and O–H groups in total. The average Bonchev–Trinajstić information content (AvgIpc) is 3.32. The monoisotopic (exact) mass is 330 g/mol. The highest BCUT2D eigenvalue weighted by molar-refractivity contribution is 5.16. The Morgan fingerprint density at radius 3 is 2.75 bits per heavy atom. The lowest BCUT2D eigenvalue weighted by Crippen LogP contribution is -2.46. The maximum absolute atomic E-state index is 13.3. The number of nitrogens with zero attached hydrogens (tertiary/aromatic N) is 4. The molecule has 2 aliphatic rings. The van der Waals surface area contributed by atoms with Crippen molar-refractivity contribution in [2.24, 2.45) is 0 Å². The standard InChI is InChI=1S/C18H23FN4O/c1-13(18-20-17(21-24-18)15-5-6-15)23-9-7-22(8-10-23)12-14-3-2-4-16(19)11-14/h2-4,11,13,15H,5-10,12H2,1H3. The van der Waals surface area contributed by atoms with E-state index in [9.17, 15) is 4.39 Å². The van der Waals surface area contributed by atoms with Gasteiger partial charge in [0.15, 0.2) is 5.82 Å². The van der Waals surface area contributed by atoms with Crippen LogP contribution in [0.5, 0.6) is 0 Å². The van der Waals surface area contributed by atoms with Crippen molar-refractivity contribution in [1.82, 2.24) is 19.9 Å². The van der Waals surface area contributed by atoms with Crippen molar-refractivity contribution in [3.05, 3.63) is 47.4 Å². The van der Waals surface area contributed by atoms with Gasteiger partial charge in [0, 0.05) is 38.6 Å². The first-order valence-corrected chi connectivity index (χ1v) is 8.73. The van der Waals surface area contributed by atoms with Crippen LogP contribution in [0.15, 0.2) is 28.8 Å². The summed E-state index contributed by atoms with van der Waals surface area (Å²) in [4.78, 5) is 9.31. The molecule has 1 aromatic heterocycles. The van der Waals surface area contributed by atoms with Gasteiger partial charge >= 0.3 is 0 Å². The van der Waals surface area contributed by atoms with Crippen LogP contribution in [0.4, 0.5) is 4.39 Å². The number of piperazine rings is 1. The van der Waals surface area contributed by atoms with E-state index in [1.54, 1.807) is 12.1 Å². The molecule has 0 bridgehead atoms. The van der Waals surface area contributed by atoms with Gasteiger partial charge in [0.05, 0.1) is 6.04 Å². The number of benzene rings is 1. The molecule has 2 heterocycles. The second kappa shape index (κ2) is 6.61. The summed E-state index contributed by atoms with van der Waals surface area (Å²) in [6.07, 6.45) is 2.37. The van der Waals surface area contributed by atoms with Crippen molar-refractivity contribution in [2.75, 3.05) is 26.2 Å². The summed E-state index contributed by atoms with van der Waals surface area (Å²) in [5.41, 5.74) is 1.03. The lowest BCUT2D eigenvalue weighted by Gasteiger charge is -2.36. The molecule has 0 amide bonds. The predicted octanol–water partition coefficient (Wildman–Crippen LogP) is 2.96. The van der Waals surface area contributed by atoms with Crippen LogP contribution in [0.25, 0.3) is 0 Å². The first kappa shape index (κ1) is 15.7. The second-order valence-corrected chi connectivity index (χ2v) is 6.88. The van der Waals surface area contributed by atoms with Crippen molar-refractivity contribution in [3.8, 4) is 0 Å². The molecule has 5 nitrogen and oxygen atoms in total. The minimum absolute atomic E-state index is 0.154. The van der Waals surface area contributed by atoms with Crippen LogP contribution >= 0.6 is 0 Å². The minimum Gasteiger partial charge on any atom is -0.338 e. The van der Waals surface area contributed by atoms with E-state index in [1.165, 1.54) is 18.9 Å². The van der Waals surface area contributed by atoms with Gasteiger partial charge in [-0.05, 0) is 37.5 Å². The van der Waals surface area contributed by atoms with Gasteiger partial charge in [0.25, 0.3) is 0 Å². The molecule has 0 spiro atoms. The Hall–Kier alpha value is -1.79. The molecule has 1 saturated heterocycles. The Bertz CT molecular complexity index is 692. The molecule has 1 aliphatic carbocycles. The minimum atomic E-state index is -0.164. The third-order valence-corrected chi connectivity index (χ3v) is 5.01. The average molecular weight is 330 g/mol. The van der Waals surface area contributed by atoms with Crippen LogP contribution in [0.2, 0.25) is 0 Å². The van der Waals surface area contributed by atoms with Gasteiger partial charge in [-0.25, -0.2) is 4.39 Å². The van der Waals surface area contributed by atoms with Crippen molar-refractivity contribution in [2.45, 2.75) is 38.3 Å². The Labute approximate surface area is 141 Å². The summed E-state index contributed by atoms with van der Waals surface area (Å²) >= 11 is 0. The van der Waals surface area contributed by atoms with E-state index in [1.807, 2.05) is 6.07 Å². The fourth-order valence-corrected chi connectivity index (χ4v) is 3.28. The number of hydrogen-bond acceptors (Lipinski definition) is 5. The van der Waals surface area contributed by atoms with E-state index < -0.39 is 0 Å². The molecule has 2 fully saturated rings. The van der Waals surface area contributed by atoms with Crippen molar-refractivity contribution < 1.29 is 8.91 Å². The van der Waals surface area contributed by atoms with Crippen LogP contribution in [0.1, 0.15) is 49.0 Å². The summed E-state index contributed by atoms with van der Waals surface area (Å²) in [5, 5.41) is 4.11. The van der Waals surface area contributed by atoms with Gasteiger partial charge < -0.3 is 4.52 Å². The lowest BCUT2D eigenvalue weighted by molar-refractivity contribution is 0.0845. The highest BCUT2D eigenvalue weighted by Crippen LogP contribution is 2.38. The molecular weight excluding hydrogens is 307 g/mol. The number of rotatable bonds is 5. The molecule has 1 unspecified atom stereocenters. The Morgan fingerprint density at radius 2 is 2.04 bits per heavy atom. The summed E-state index contributed by atoms with van der Waals surface area (Å²) in [6, 6.07) is 7.02. The van der Waals surface area contributed by atoms with Gasteiger partial charge in [0.1, 0.15) is 5.82 Å². The second-order valence-electron chi connectivity index (χ2n) is 6.88. The van der Waals surface area contributed by atoms with Crippen molar-refractivity contribution in [3.63, 3.8) is 0 Å². The first-order valence-electron chi connectivity index (χ1n) is 8.73. The van der Waals surface area contributed by atoms with E-state index in [0.717, 1.165) is 50.0 Å². The molecule has 1 aromatic carbocycles. The Kier molecular flexibility index (Phi) is 4.33. The molecule has 1 saturated carbocycles. The number of hydrogen-bond donors (Lipinski definition) is 0. The summed E-state index contributed by atoms with van der Waals surface area (Å²) in [6.45, 7) is 6.77. The largest absolute Gasteiger partial charge is 0.338 e. The van der Waals surface area contributed by atoms with Crippen LogP contribution in [0, 0.1) is 5.82 Å². The molecule has 1 aliphatic heterocycles. The highest BCUT2D eigenvalue weighted by atomic mass is 19.1. The third kappa shape index (κ3) is 3.49. The van der Waals surface area contributed by atoms with E-state index in [0.29, 0.717) is 5.92 Å². The fourth-order valence-electron chi connectivity index (χ4n) is 3.28. The quantitative estimate of drug-likeness (QED) is 0.843. The molecule has 128 valence electrons. The molecule has 4 rings (SSSR count). The van der Waals surface area contributed by atoms with E-state index in [-0.39, 0.29) is 11.9 Å². The van der Waals surface area contributed by atoms with Crippen LogP contribution in [-0.2, 0) is 6.54 Å². The fraction of sp³-hybridized carbons (Fsp3) is 0.556.